The van der Waals surface area contributed by atoms with Crippen LogP contribution in [0.1, 0.15) is 44.0 Å². The third kappa shape index (κ3) is 4.04. The van der Waals surface area contributed by atoms with Crippen molar-refractivity contribution in [3.05, 3.63) is 17.8 Å². The van der Waals surface area contributed by atoms with Crippen LogP contribution in [0.4, 0.5) is 14.5 Å². The highest BCUT2D eigenvalue weighted by Crippen LogP contribution is 2.36. The highest BCUT2D eigenvalue weighted by Gasteiger charge is 2.46. The van der Waals surface area contributed by atoms with Crippen molar-refractivity contribution in [2.24, 2.45) is 0 Å². The zero-order chi connectivity index (χ0) is 20.7. The lowest BCUT2D eigenvalue weighted by Gasteiger charge is -2.33. The molecule has 1 aromatic heterocycles. The number of aromatic nitrogens is 1. The summed E-state index contributed by atoms with van der Waals surface area (Å²) >= 11 is 0. The van der Waals surface area contributed by atoms with Gasteiger partial charge >= 0.3 is 10.2 Å². The number of amides is 1. The number of pyridine rings is 1. The van der Waals surface area contributed by atoms with Crippen LogP contribution in [-0.2, 0) is 10.2 Å². The molecule has 0 unspecified atom stereocenters. The first kappa shape index (κ1) is 20.7. The Morgan fingerprint density at radius 2 is 2.11 bits per heavy atom. The summed E-state index contributed by atoms with van der Waals surface area (Å²) in [5, 5.41) is 2.85. The maximum absolute atomic E-state index is 13.5. The number of nitrogens with one attached hydrogen (secondary N) is 1. The summed E-state index contributed by atoms with van der Waals surface area (Å²) in [5.74, 6) is -3.40. The third-order valence-corrected chi connectivity index (χ3v) is 6.87. The van der Waals surface area contributed by atoms with Gasteiger partial charge in [-0.3, -0.25) is 4.79 Å². The number of carbonyl (C=O) groups excluding carboxylic acids is 1. The number of ether oxygens (including phenoxy) is 1. The van der Waals surface area contributed by atoms with Crippen LogP contribution in [0.25, 0.3) is 0 Å². The number of alkyl halides is 2. The molecular weight excluding hydrogens is 394 g/mol. The number of fused-ring (bicyclic) bond motifs is 1. The van der Waals surface area contributed by atoms with E-state index in [4.69, 9.17) is 4.74 Å². The van der Waals surface area contributed by atoms with Gasteiger partial charge in [0.1, 0.15) is 12.3 Å². The molecule has 156 valence electrons. The van der Waals surface area contributed by atoms with E-state index in [0.29, 0.717) is 6.42 Å². The second-order valence-electron chi connectivity index (χ2n) is 7.61. The average Bonchev–Trinajstić information content (AvgIpc) is 3.01. The first-order chi connectivity index (χ1) is 13.0. The van der Waals surface area contributed by atoms with Crippen molar-refractivity contribution < 1.29 is 26.7 Å². The van der Waals surface area contributed by atoms with E-state index >= 15 is 0 Å². The molecule has 0 aromatic carbocycles. The van der Waals surface area contributed by atoms with Crippen molar-refractivity contribution in [2.75, 3.05) is 30.5 Å². The predicted octanol–water partition coefficient (Wildman–Crippen LogP) is 1.78. The maximum atomic E-state index is 13.5. The molecule has 1 amide bonds. The van der Waals surface area contributed by atoms with Gasteiger partial charge in [0.05, 0.1) is 18.7 Å². The molecule has 2 aliphatic heterocycles. The highest BCUT2D eigenvalue weighted by atomic mass is 32.2. The second kappa shape index (κ2) is 7.11. The van der Waals surface area contributed by atoms with Gasteiger partial charge in [-0.1, -0.05) is 6.92 Å². The van der Waals surface area contributed by atoms with Gasteiger partial charge in [0, 0.05) is 24.7 Å². The van der Waals surface area contributed by atoms with E-state index in [9.17, 15) is 22.0 Å². The third-order valence-electron chi connectivity index (χ3n) is 4.97. The zero-order valence-corrected chi connectivity index (χ0v) is 16.9. The van der Waals surface area contributed by atoms with Gasteiger partial charge in [0.15, 0.2) is 0 Å². The molecular formula is C17H24F2N4O4S. The summed E-state index contributed by atoms with van der Waals surface area (Å²) in [6, 6.07) is 1.37. The summed E-state index contributed by atoms with van der Waals surface area (Å²) in [7, 11) is -4.19. The largest absolute Gasteiger partial charge is 0.474 e. The predicted molar refractivity (Wildman–Crippen MR) is 99.0 cm³/mol. The van der Waals surface area contributed by atoms with Crippen molar-refractivity contribution in [2.45, 2.75) is 45.1 Å². The minimum Gasteiger partial charge on any atom is -0.474 e. The van der Waals surface area contributed by atoms with Gasteiger partial charge in [-0.25, -0.2) is 18.1 Å². The Kier molecular flexibility index (Phi) is 5.26. The Bertz CT molecular complexity index is 876. The Morgan fingerprint density at radius 1 is 1.39 bits per heavy atom. The fourth-order valence-corrected chi connectivity index (χ4v) is 4.59. The van der Waals surface area contributed by atoms with Gasteiger partial charge in [-0.15, -0.1) is 0 Å². The van der Waals surface area contributed by atoms with Crippen LogP contribution in [0, 0.1) is 0 Å². The fourth-order valence-electron chi connectivity index (χ4n) is 2.95. The van der Waals surface area contributed by atoms with E-state index in [0.717, 1.165) is 8.61 Å². The number of rotatable bonds is 5. The number of hydrogen-bond donors (Lipinski definition) is 1. The molecule has 1 aromatic rings. The molecule has 1 saturated heterocycles. The van der Waals surface area contributed by atoms with Crippen molar-refractivity contribution in [3.63, 3.8) is 0 Å². The average molecular weight is 418 g/mol. The van der Waals surface area contributed by atoms with E-state index in [1.165, 1.54) is 12.3 Å². The summed E-state index contributed by atoms with van der Waals surface area (Å²) in [4.78, 5) is 16.6. The molecule has 3 rings (SSSR count). The molecule has 0 spiro atoms. The number of nitrogens with zero attached hydrogens (tertiary/aromatic N) is 3. The summed E-state index contributed by atoms with van der Waals surface area (Å²) in [5.41, 5.74) is -0.211. The highest BCUT2D eigenvalue weighted by molar-refractivity contribution is 7.90. The van der Waals surface area contributed by atoms with E-state index in [-0.39, 0.29) is 36.8 Å². The molecule has 2 aliphatic rings. The topological polar surface area (TPSA) is 91.8 Å². The van der Waals surface area contributed by atoms with Crippen LogP contribution in [-0.4, -0.2) is 61.3 Å². The standard InChI is InChI=1S/C17H24F2N4O4S/c1-4-16(2,3)21-14(24)12-9-13-15(20-10-12)27-8-7-23(13)28(25,26)22-6-5-17(18,19)11-22/h9-10H,4-8,11H2,1-3H3,(H,21,24). The molecule has 0 aliphatic carbocycles. The van der Waals surface area contributed by atoms with Crippen molar-refractivity contribution in [1.29, 1.82) is 0 Å². The van der Waals surface area contributed by atoms with Crippen LogP contribution < -0.4 is 14.4 Å². The number of hydrogen-bond acceptors (Lipinski definition) is 5. The Morgan fingerprint density at radius 3 is 2.71 bits per heavy atom. The lowest BCUT2D eigenvalue weighted by molar-refractivity contribution is 0.0183. The minimum atomic E-state index is -4.19. The smallest absolute Gasteiger partial charge is 0.304 e. The molecule has 11 heteroatoms. The summed E-state index contributed by atoms with van der Waals surface area (Å²) in [6.07, 6.45) is 1.49. The van der Waals surface area contributed by atoms with Crippen molar-refractivity contribution in [1.82, 2.24) is 14.6 Å². The molecule has 1 N–H and O–H groups in total. The van der Waals surface area contributed by atoms with Crippen LogP contribution in [0.2, 0.25) is 0 Å². The second-order valence-corrected chi connectivity index (χ2v) is 9.46. The SMILES string of the molecule is CCC(C)(C)NC(=O)c1cnc2c(c1)N(S(=O)(=O)N1CCC(F)(F)C1)CCO2. The normalized spacial score (nSPS) is 19.8. The van der Waals surface area contributed by atoms with Gasteiger partial charge in [-0.2, -0.15) is 12.7 Å². The first-order valence-electron chi connectivity index (χ1n) is 9.06. The molecule has 0 bridgehead atoms. The monoisotopic (exact) mass is 418 g/mol. The molecule has 3 heterocycles. The van der Waals surface area contributed by atoms with Crippen molar-refractivity contribution in [3.8, 4) is 5.88 Å². The lowest BCUT2D eigenvalue weighted by atomic mass is 10.0. The van der Waals surface area contributed by atoms with Gasteiger partial charge in [-0.05, 0) is 26.3 Å². The maximum Gasteiger partial charge on any atom is 0.304 e. The van der Waals surface area contributed by atoms with Crippen LogP contribution >= 0.6 is 0 Å². The molecule has 1 fully saturated rings. The summed E-state index contributed by atoms with van der Waals surface area (Å²) in [6.45, 7) is 4.52. The van der Waals surface area contributed by atoms with Crippen LogP contribution in [0.5, 0.6) is 5.88 Å². The van der Waals surface area contributed by atoms with Crippen LogP contribution in [0.3, 0.4) is 0 Å². The molecule has 28 heavy (non-hydrogen) atoms. The minimum absolute atomic E-state index is 0.0396. The fraction of sp³-hybridized carbons (Fsp3) is 0.647. The van der Waals surface area contributed by atoms with E-state index in [1.807, 2.05) is 20.8 Å². The number of halogens is 2. The molecule has 0 atom stereocenters. The quantitative estimate of drug-likeness (QED) is 0.787. The van der Waals surface area contributed by atoms with Gasteiger partial charge in [0.2, 0.25) is 5.88 Å². The molecule has 0 radical (unpaired) electrons. The first-order valence-corrected chi connectivity index (χ1v) is 10.5. The Hall–Kier alpha value is -2.01. The van der Waals surface area contributed by atoms with E-state index < -0.39 is 40.5 Å². The van der Waals surface area contributed by atoms with Crippen LogP contribution in [0.15, 0.2) is 12.3 Å². The van der Waals surface area contributed by atoms with Gasteiger partial charge < -0.3 is 10.1 Å². The molecule has 0 saturated carbocycles. The Labute approximate surface area is 163 Å². The lowest BCUT2D eigenvalue weighted by Crippen LogP contribution is -2.47. The Balaban J connectivity index is 1.91. The molecule has 8 nitrogen and oxygen atoms in total. The number of anilines is 1. The van der Waals surface area contributed by atoms with E-state index in [1.54, 1.807) is 0 Å². The zero-order valence-electron chi connectivity index (χ0n) is 16.0. The summed E-state index contributed by atoms with van der Waals surface area (Å²) < 4.78 is 60.1. The van der Waals surface area contributed by atoms with Gasteiger partial charge in [0.25, 0.3) is 11.8 Å². The number of carbonyl (C=O) groups is 1. The van der Waals surface area contributed by atoms with Crippen molar-refractivity contribution >= 4 is 21.8 Å². The van der Waals surface area contributed by atoms with E-state index in [2.05, 4.69) is 10.3 Å².